The fraction of sp³-hybridized carbons (Fsp3) is 0.667. The lowest BCUT2D eigenvalue weighted by Gasteiger charge is -2.28. The molecular formula is C18H30O3Si. The van der Waals surface area contributed by atoms with Gasteiger partial charge < -0.3 is 14.6 Å². The Bertz CT molecular complexity index is 493. The van der Waals surface area contributed by atoms with Crippen LogP contribution in [0.2, 0.25) is 25.7 Å². The van der Waals surface area contributed by atoms with E-state index in [2.05, 4.69) is 33.5 Å². The van der Waals surface area contributed by atoms with Crippen LogP contribution in [0.1, 0.15) is 38.4 Å². The number of aromatic hydroxyl groups is 1. The minimum absolute atomic E-state index is 0.0185. The molecule has 0 unspecified atom stereocenters. The zero-order valence-corrected chi connectivity index (χ0v) is 15.6. The molecule has 1 heterocycles. The van der Waals surface area contributed by atoms with Crippen molar-refractivity contribution in [2.75, 3.05) is 6.61 Å². The standard InChI is InChI=1S/C18H30O3Si/c1-18(2)11-10-16(21-18)17(20-12-13-22(3,4)5)14-8-6-7-9-15(14)19/h6-9,16-17,19H,10-13H2,1-5H3/t16-,17-/m1/s1. The molecule has 0 spiro atoms. The molecule has 124 valence electrons. The molecule has 1 aromatic carbocycles. The predicted octanol–water partition coefficient (Wildman–Crippen LogP) is 4.75. The fourth-order valence-electron chi connectivity index (χ4n) is 2.85. The van der Waals surface area contributed by atoms with Gasteiger partial charge in [-0.25, -0.2) is 0 Å². The van der Waals surface area contributed by atoms with Crippen molar-refractivity contribution in [1.82, 2.24) is 0 Å². The first-order valence-corrected chi connectivity index (χ1v) is 12.0. The SMILES string of the molecule is CC1(C)CC[C@H]([C@H](OCC[Si](C)(C)C)c2ccccc2O)O1. The van der Waals surface area contributed by atoms with Crippen LogP contribution in [0.25, 0.3) is 0 Å². The van der Waals surface area contributed by atoms with Gasteiger partial charge in [-0.2, -0.15) is 0 Å². The van der Waals surface area contributed by atoms with Gasteiger partial charge in [0.05, 0.1) is 11.7 Å². The lowest BCUT2D eigenvalue weighted by Crippen LogP contribution is -2.28. The highest BCUT2D eigenvalue weighted by molar-refractivity contribution is 6.76. The molecule has 22 heavy (non-hydrogen) atoms. The molecule has 2 rings (SSSR count). The molecule has 0 aliphatic carbocycles. The summed E-state index contributed by atoms with van der Waals surface area (Å²) in [5.74, 6) is 0.300. The first-order valence-electron chi connectivity index (χ1n) is 8.25. The van der Waals surface area contributed by atoms with E-state index < -0.39 is 8.07 Å². The monoisotopic (exact) mass is 322 g/mol. The van der Waals surface area contributed by atoms with Crippen molar-refractivity contribution in [3.8, 4) is 5.75 Å². The van der Waals surface area contributed by atoms with Gasteiger partial charge in [-0.1, -0.05) is 37.8 Å². The van der Waals surface area contributed by atoms with E-state index in [0.717, 1.165) is 31.1 Å². The molecule has 0 aromatic heterocycles. The third-order valence-electron chi connectivity index (χ3n) is 4.23. The highest BCUT2D eigenvalue weighted by Gasteiger charge is 2.38. The molecule has 4 heteroatoms. The van der Waals surface area contributed by atoms with Gasteiger partial charge in [-0.05, 0) is 38.8 Å². The Morgan fingerprint density at radius 3 is 2.55 bits per heavy atom. The van der Waals surface area contributed by atoms with Crippen LogP contribution in [0, 0.1) is 0 Å². The topological polar surface area (TPSA) is 38.7 Å². The summed E-state index contributed by atoms with van der Waals surface area (Å²) in [6, 6.07) is 8.59. The summed E-state index contributed by atoms with van der Waals surface area (Å²) in [5.41, 5.74) is 0.746. The molecule has 0 saturated carbocycles. The summed E-state index contributed by atoms with van der Waals surface area (Å²) in [7, 11) is -1.13. The highest BCUT2D eigenvalue weighted by Crippen LogP contribution is 2.40. The number of ether oxygens (including phenoxy) is 2. The van der Waals surface area contributed by atoms with E-state index in [-0.39, 0.29) is 17.8 Å². The number of hydrogen-bond acceptors (Lipinski definition) is 3. The maximum Gasteiger partial charge on any atom is 0.121 e. The normalized spacial score (nSPS) is 22.7. The van der Waals surface area contributed by atoms with Crippen molar-refractivity contribution < 1.29 is 14.6 Å². The zero-order chi connectivity index (χ0) is 16.4. The third kappa shape index (κ3) is 4.83. The summed E-state index contributed by atoms with van der Waals surface area (Å²) >= 11 is 0. The van der Waals surface area contributed by atoms with Gasteiger partial charge in [-0.3, -0.25) is 0 Å². The summed E-state index contributed by atoms with van der Waals surface area (Å²) < 4.78 is 12.4. The number of phenols is 1. The molecule has 2 atom stereocenters. The maximum atomic E-state index is 10.2. The van der Waals surface area contributed by atoms with E-state index in [1.165, 1.54) is 0 Å². The summed E-state index contributed by atoms with van der Waals surface area (Å²) in [6.07, 6.45) is 1.84. The second-order valence-corrected chi connectivity index (χ2v) is 13.7. The Balaban J connectivity index is 2.13. The van der Waals surface area contributed by atoms with Crippen molar-refractivity contribution >= 4 is 8.07 Å². The number of phenolic OH excluding ortho intramolecular Hbond substituents is 1. The van der Waals surface area contributed by atoms with Crippen molar-refractivity contribution in [1.29, 1.82) is 0 Å². The van der Waals surface area contributed by atoms with Crippen LogP contribution >= 0.6 is 0 Å². The summed E-state index contributed by atoms with van der Waals surface area (Å²) in [5, 5.41) is 10.2. The number of rotatable bonds is 6. The van der Waals surface area contributed by atoms with E-state index in [9.17, 15) is 5.11 Å². The molecule has 1 aliphatic heterocycles. The molecule has 1 aromatic rings. The fourth-order valence-corrected chi connectivity index (χ4v) is 3.58. The Labute approximate surface area is 135 Å². The van der Waals surface area contributed by atoms with E-state index in [0.29, 0.717) is 5.75 Å². The lowest BCUT2D eigenvalue weighted by atomic mass is 9.99. The zero-order valence-electron chi connectivity index (χ0n) is 14.6. The van der Waals surface area contributed by atoms with Crippen LogP contribution in [-0.2, 0) is 9.47 Å². The van der Waals surface area contributed by atoms with Gasteiger partial charge in [0.2, 0.25) is 0 Å². The summed E-state index contributed by atoms with van der Waals surface area (Å²) in [4.78, 5) is 0. The Morgan fingerprint density at radius 1 is 1.32 bits per heavy atom. The van der Waals surface area contributed by atoms with Gasteiger partial charge >= 0.3 is 0 Å². The van der Waals surface area contributed by atoms with Crippen molar-refractivity contribution in [2.24, 2.45) is 0 Å². The van der Waals surface area contributed by atoms with Crippen molar-refractivity contribution in [3.05, 3.63) is 29.8 Å². The second-order valence-electron chi connectivity index (χ2n) is 8.12. The number of benzene rings is 1. The maximum absolute atomic E-state index is 10.2. The van der Waals surface area contributed by atoms with E-state index >= 15 is 0 Å². The Hall–Kier alpha value is -0.843. The van der Waals surface area contributed by atoms with Gasteiger partial charge in [-0.15, -0.1) is 0 Å². The quantitative estimate of drug-likeness (QED) is 0.768. The molecule has 1 saturated heterocycles. The van der Waals surface area contributed by atoms with Crippen LogP contribution in [0.5, 0.6) is 5.75 Å². The molecule has 3 nitrogen and oxygen atoms in total. The second kappa shape index (κ2) is 6.73. The summed E-state index contributed by atoms with van der Waals surface area (Å²) in [6.45, 7) is 12.0. The van der Waals surface area contributed by atoms with Gasteiger partial charge in [0.15, 0.2) is 0 Å². The molecule has 1 aliphatic rings. The number of para-hydroxylation sites is 1. The number of hydrogen-bond donors (Lipinski definition) is 1. The predicted molar refractivity (Wildman–Crippen MR) is 93.1 cm³/mol. The third-order valence-corrected chi connectivity index (χ3v) is 5.94. The van der Waals surface area contributed by atoms with Crippen LogP contribution in [0.4, 0.5) is 0 Å². The van der Waals surface area contributed by atoms with E-state index in [1.807, 2.05) is 18.2 Å². The minimum atomic E-state index is -1.13. The van der Waals surface area contributed by atoms with Crippen LogP contribution in [0.3, 0.4) is 0 Å². The lowest BCUT2D eigenvalue weighted by molar-refractivity contribution is -0.0954. The van der Waals surface area contributed by atoms with Crippen molar-refractivity contribution in [3.63, 3.8) is 0 Å². The molecular weight excluding hydrogens is 292 g/mol. The van der Waals surface area contributed by atoms with Gasteiger partial charge in [0.1, 0.15) is 11.9 Å². The Morgan fingerprint density at radius 2 is 2.00 bits per heavy atom. The van der Waals surface area contributed by atoms with Gasteiger partial charge in [0, 0.05) is 20.2 Å². The van der Waals surface area contributed by atoms with Crippen molar-refractivity contribution in [2.45, 2.75) is 70.2 Å². The average molecular weight is 323 g/mol. The molecule has 1 N–H and O–H groups in total. The average Bonchev–Trinajstić information content (AvgIpc) is 2.75. The van der Waals surface area contributed by atoms with Crippen LogP contribution in [-0.4, -0.2) is 31.5 Å². The minimum Gasteiger partial charge on any atom is -0.508 e. The first kappa shape index (κ1) is 17.5. The largest absolute Gasteiger partial charge is 0.508 e. The Kier molecular flexibility index (Phi) is 5.36. The van der Waals surface area contributed by atoms with E-state index in [4.69, 9.17) is 9.47 Å². The van der Waals surface area contributed by atoms with Crippen LogP contribution < -0.4 is 0 Å². The van der Waals surface area contributed by atoms with E-state index in [1.54, 1.807) is 6.07 Å². The highest BCUT2D eigenvalue weighted by atomic mass is 28.3. The molecule has 1 fully saturated rings. The molecule has 0 bridgehead atoms. The van der Waals surface area contributed by atoms with Crippen LogP contribution in [0.15, 0.2) is 24.3 Å². The smallest absolute Gasteiger partial charge is 0.121 e. The molecule has 0 amide bonds. The molecule has 0 radical (unpaired) electrons. The van der Waals surface area contributed by atoms with Gasteiger partial charge in [0.25, 0.3) is 0 Å². The first-order chi connectivity index (χ1) is 10.2.